The predicted molar refractivity (Wildman–Crippen MR) is 103 cm³/mol. The van der Waals surface area contributed by atoms with Crippen molar-refractivity contribution in [2.75, 3.05) is 0 Å². The van der Waals surface area contributed by atoms with E-state index in [1.807, 2.05) is 0 Å². The Morgan fingerprint density at radius 3 is 1.42 bits per heavy atom. The van der Waals surface area contributed by atoms with Crippen LogP contribution < -0.4 is 0 Å². The molecule has 0 aromatic carbocycles. The Bertz CT molecular complexity index is 321. The minimum atomic E-state index is -0.0686. The Balaban J connectivity index is 1.69. The van der Waals surface area contributed by atoms with Crippen molar-refractivity contribution in [3.63, 3.8) is 0 Å². The normalized spacial score (nSPS) is 17.0. The first-order chi connectivity index (χ1) is 11.8. The molecule has 0 aromatic heterocycles. The van der Waals surface area contributed by atoms with E-state index in [4.69, 9.17) is 4.74 Å². The second-order valence-corrected chi connectivity index (χ2v) is 7.53. The number of cyclic esters (lactones) is 1. The monoisotopic (exact) mass is 336 g/mol. The highest BCUT2D eigenvalue weighted by atomic mass is 16.6. The third-order valence-electron chi connectivity index (χ3n) is 5.25. The fourth-order valence-electron chi connectivity index (χ4n) is 3.52. The van der Waals surface area contributed by atoms with Crippen LogP contribution in [0.5, 0.6) is 0 Å². The van der Waals surface area contributed by atoms with Crippen LogP contribution in [0.25, 0.3) is 0 Å². The van der Waals surface area contributed by atoms with E-state index in [0.29, 0.717) is 5.76 Å². The standard InChI is InChI=1S/C22H40O2/c1-3-4-5-6-7-8-9-10-11-12-13-14-15-16-17-18-19-21-20(2)24-22(21)23/h21H,2-19H2,1H3. The van der Waals surface area contributed by atoms with E-state index in [-0.39, 0.29) is 11.9 Å². The molecule has 0 radical (unpaired) electrons. The van der Waals surface area contributed by atoms with Gasteiger partial charge in [0, 0.05) is 0 Å². The van der Waals surface area contributed by atoms with E-state index in [0.717, 1.165) is 12.8 Å². The zero-order valence-electron chi connectivity index (χ0n) is 16.1. The van der Waals surface area contributed by atoms with Crippen molar-refractivity contribution in [3.8, 4) is 0 Å². The lowest BCUT2D eigenvalue weighted by Gasteiger charge is -2.26. The van der Waals surface area contributed by atoms with Crippen LogP contribution in [0.3, 0.4) is 0 Å². The van der Waals surface area contributed by atoms with Gasteiger partial charge >= 0.3 is 5.97 Å². The number of esters is 1. The number of carbonyl (C=O) groups is 1. The van der Waals surface area contributed by atoms with Crippen LogP contribution >= 0.6 is 0 Å². The summed E-state index contributed by atoms with van der Waals surface area (Å²) in [6.07, 6.45) is 23.1. The number of ether oxygens (including phenoxy) is 1. The average molecular weight is 337 g/mol. The molecule has 0 N–H and O–H groups in total. The van der Waals surface area contributed by atoms with E-state index < -0.39 is 0 Å². The molecule has 1 saturated heterocycles. The minimum absolute atomic E-state index is 0.0108. The van der Waals surface area contributed by atoms with E-state index >= 15 is 0 Å². The topological polar surface area (TPSA) is 26.3 Å². The van der Waals surface area contributed by atoms with Gasteiger partial charge in [-0.3, -0.25) is 4.79 Å². The molecule has 1 aliphatic heterocycles. The molecule has 1 fully saturated rings. The van der Waals surface area contributed by atoms with Crippen LogP contribution in [0.1, 0.15) is 116 Å². The first kappa shape index (κ1) is 21.3. The van der Waals surface area contributed by atoms with Crippen molar-refractivity contribution in [1.29, 1.82) is 0 Å². The summed E-state index contributed by atoms with van der Waals surface area (Å²) in [7, 11) is 0. The van der Waals surface area contributed by atoms with Crippen LogP contribution in [-0.4, -0.2) is 5.97 Å². The number of unbranched alkanes of at least 4 members (excludes halogenated alkanes) is 15. The maximum absolute atomic E-state index is 11.1. The molecule has 24 heavy (non-hydrogen) atoms. The fraction of sp³-hybridized carbons (Fsp3) is 0.864. The molecular weight excluding hydrogens is 296 g/mol. The van der Waals surface area contributed by atoms with Gasteiger partial charge < -0.3 is 4.74 Å². The number of hydrogen-bond acceptors (Lipinski definition) is 2. The van der Waals surface area contributed by atoms with Crippen LogP contribution in [-0.2, 0) is 9.53 Å². The highest BCUT2D eigenvalue weighted by Crippen LogP contribution is 2.29. The minimum Gasteiger partial charge on any atom is -0.430 e. The van der Waals surface area contributed by atoms with Crippen LogP contribution in [0, 0.1) is 5.92 Å². The molecule has 2 heteroatoms. The Labute approximate surface area is 150 Å². The van der Waals surface area contributed by atoms with Crippen molar-refractivity contribution in [2.45, 2.75) is 116 Å². The summed E-state index contributed by atoms with van der Waals surface area (Å²) in [6.45, 7) is 6.02. The van der Waals surface area contributed by atoms with Crippen LogP contribution in [0.2, 0.25) is 0 Å². The Morgan fingerprint density at radius 2 is 1.08 bits per heavy atom. The van der Waals surface area contributed by atoms with Gasteiger partial charge in [0.25, 0.3) is 0 Å². The molecular formula is C22H40O2. The molecule has 1 unspecified atom stereocenters. The summed E-state index contributed by atoms with van der Waals surface area (Å²) in [5.41, 5.74) is 0. The number of rotatable bonds is 17. The lowest BCUT2D eigenvalue weighted by Crippen LogP contribution is -2.31. The van der Waals surface area contributed by atoms with Gasteiger partial charge in [-0.25, -0.2) is 0 Å². The molecule has 1 atom stereocenters. The van der Waals surface area contributed by atoms with E-state index in [2.05, 4.69) is 13.5 Å². The highest BCUT2D eigenvalue weighted by Gasteiger charge is 2.34. The van der Waals surface area contributed by atoms with Gasteiger partial charge in [0.1, 0.15) is 11.7 Å². The van der Waals surface area contributed by atoms with E-state index in [9.17, 15) is 4.79 Å². The fourth-order valence-corrected chi connectivity index (χ4v) is 3.52. The van der Waals surface area contributed by atoms with Gasteiger partial charge in [-0.2, -0.15) is 0 Å². The number of hydrogen-bond donors (Lipinski definition) is 0. The lowest BCUT2D eigenvalue weighted by molar-refractivity contribution is -0.157. The maximum Gasteiger partial charge on any atom is 0.321 e. The Kier molecular flexibility index (Phi) is 12.9. The summed E-state index contributed by atoms with van der Waals surface area (Å²) in [4.78, 5) is 11.1. The molecule has 1 rings (SSSR count). The third kappa shape index (κ3) is 10.2. The largest absolute Gasteiger partial charge is 0.430 e. The zero-order valence-corrected chi connectivity index (χ0v) is 16.1. The van der Waals surface area contributed by atoms with Crippen LogP contribution in [0.15, 0.2) is 12.3 Å². The second kappa shape index (κ2) is 14.5. The van der Waals surface area contributed by atoms with Crippen molar-refractivity contribution in [1.82, 2.24) is 0 Å². The highest BCUT2D eigenvalue weighted by molar-refractivity contribution is 5.82. The Hall–Kier alpha value is -0.790. The zero-order chi connectivity index (χ0) is 17.5. The summed E-state index contributed by atoms with van der Waals surface area (Å²) in [6, 6.07) is 0. The van der Waals surface area contributed by atoms with Crippen LogP contribution in [0.4, 0.5) is 0 Å². The molecule has 0 aromatic rings. The van der Waals surface area contributed by atoms with Gasteiger partial charge in [-0.15, -0.1) is 0 Å². The lowest BCUT2D eigenvalue weighted by atomic mass is 9.95. The van der Waals surface area contributed by atoms with Crippen molar-refractivity contribution in [3.05, 3.63) is 12.3 Å². The van der Waals surface area contributed by atoms with Gasteiger partial charge in [0.05, 0.1) is 0 Å². The summed E-state index contributed by atoms with van der Waals surface area (Å²) in [5.74, 6) is 0.624. The molecule has 0 spiro atoms. The third-order valence-corrected chi connectivity index (χ3v) is 5.25. The summed E-state index contributed by atoms with van der Waals surface area (Å²) >= 11 is 0. The molecule has 2 nitrogen and oxygen atoms in total. The SMILES string of the molecule is C=C1OC(=O)C1CCCCCCCCCCCCCCCCCC. The van der Waals surface area contributed by atoms with Crippen molar-refractivity contribution in [2.24, 2.45) is 5.92 Å². The molecule has 1 aliphatic rings. The molecule has 1 heterocycles. The Morgan fingerprint density at radius 1 is 0.708 bits per heavy atom. The van der Waals surface area contributed by atoms with Gasteiger partial charge in [-0.1, -0.05) is 116 Å². The summed E-state index contributed by atoms with van der Waals surface area (Å²) < 4.78 is 4.80. The smallest absolute Gasteiger partial charge is 0.321 e. The molecule has 0 bridgehead atoms. The van der Waals surface area contributed by atoms with Gasteiger partial charge in [-0.05, 0) is 6.42 Å². The van der Waals surface area contributed by atoms with E-state index in [1.54, 1.807) is 0 Å². The van der Waals surface area contributed by atoms with Crippen molar-refractivity contribution >= 4 is 5.97 Å². The average Bonchev–Trinajstić information content (AvgIpc) is 2.57. The first-order valence-electron chi connectivity index (χ1n) is 10.7. The van der Waals surface area contributed by atoms with Gasteiger partial charge in [0.2, 0.25) is 0 Å². The van der Waals surface area contributed by atoms with Gasteiger partial charge in [0.15, 0.2) is 0 Å². The molecule has 0 aliphatic carbocycles. The molecule has 140 valence electrons. The first-order valence-corrected chi connectivity index (χ1v) is 10.7. The molecule has 0 amide bonds. The summed E-state index contributed by atoms with van der Waals surface area (Å²) in [5, 5.41) is 0. The maximum atomic E-state index is 11.1. The number of carbonyl (C=O) groups excluding carboxylic acids is 1. The van der Waals surface area contributed by atoms with E-state index in [1.165, 1.54) is 96.3 Å². The predicted octanol–water partition coefficient (Wildman–Crippen LogP) is 7.32. The second-order valence-electron chi connectivity index (χ2n) is 7.53. The molecule has 0 saturated carbocycles. The quantitative estimate of drug-likeness (QED) is 0.205. The van der Waals surface area contributed by atoms with Crippen molar-refractivity contribution < 1.29 is 9.53 Å².